The van der Waals surface area contributed by atoms with Crippen molar-refractivity contribution in [2.45, 2.75) is 26.2 Å². The first-order valence-electron chi connectivity index (χ1n) is 9.08. The van der Waals surface area contributed by atoms with Crippen molar-refractivity contribution in [3.8, 4) is 11.5 Å². The molecule has 0 saturated carbocycles. The van der Waals surface area contributed by atoms with Gasteiger partial charge in [-0.1, -0.05) is 6.92 Å². The fourth-order valence-corrected chi connectivity index (χ4v) is 4.79. The van der Waals surface area contributed by atoms with Crippen molar-refractivity contribution in [3.63, 3.8) is 0 Å². The van der Waals surface area contributed by atoms with Crippen LogP contribution < -0.4 is 20.5 Å². The first-order valence-corrected chi connectivity index (χ1v) is 9.90. The molecule has 0 aliphatic heterocycles. The van der Waals surface area contributed by atoms with Gasteiger partial charge in [-0.25, -0.2) is 0 Å². The van der Waals surface area contributed by atoms with Gasteiger partial charge in [0, 0.05) is 22.6 Å². The second-order valence-electron chi connectivity index (χ2n) is 6.85. The molecule has 0 saturated heterocycles. The van der Waals surface area contributed by atoms with Crippen molar-refractivity contribution < 1.29 is 19.1 Å². The van der Waals surface area contributed by atoms with Gasteiger partial charge in [-0.15, -0.1) is 11.3 Å². The van der Waals surface area contributed by atoms with Crippen LogP contribution >= 0.6 is 11.3 Å². The van der Waals surface area contributed by atoms with Gasteiger partial charge in [-0.2, -0.15) is 0 Å². The maximum absolute atomic E-state index is 12.5. The maximum Gasteiger partial charge on any atom is 0.251 e. The highest BCUT2D eigenvalue weighted by Gasteiger charge is 2.26. The Labute approximate surface area is 168 Å². The van der Waals surface area contributed by atoms with E-state index in [1.54, 1.807) is 32.4 Å². The summed E-state index contributed by atoms with van der Waals surface area (Å²) in [6.45, 7) is 2.19. The third-order valence-corrected chi connectivity index (χ3v) is 6.02. The molecule has 1 heterocycles. The Kier molecular flexibility index (Phi) is 6.04. The van der Waals surface area contributed by atoms with E-state index in [9.17, 15) is 9.59 Å². The SMILES string of the molecule is COc1ccc(/C=C/C(=O)Nc2sc3c(c2C(N)=O)CCC(C)C3)c(OC)c1. The number of hydrogen-bond acceptors (Lipinski definition) is 5. The molecular formula is C21H24N2O4S. The predicted molar refractivity (Wildman–Crippen MR) is 111 cm³/mol. The van der Waals surface area contributed by atoms with Crippen LogP contribution in [0.25, 0.3) is 6.08 Å². The molecule has 3 rings (SSSR count). The van der Waals surface area contributed by atoms with E-state index in [1.165, 1.54) is 17.4 Å². The third-order valence-electron chi connectivity index (χ3n) is 4.85. The summed E-state index contributed by atoms with van der Waals surface area (Å²) in [5.41, 5.74) is 7.78. The number of fused-ring (bicyclic) bond motifs is 1. The number of ether oxygens (including phenoxy) is 2. The number of anilines is 1. The van der Waals surface area contributed by atoms with Gasteiger partial charge < -0.3 is 20.5 Å². The molecule has 0 fully saturated rings. The quantitative estimate of drug-likeness (QED) is 0.724. The topological polar surface area (TPSA) is 90.6 Å². The Bertz CT molecular complexity index is 933. The van der Waals surface area contributed by atoms with Crippen molar-refractivity contribution in [2.75, 3.05) is 19.5 Å². The highest BCUT2D eigenvalue weighted by atomic mass is 32.1. The molecule has 0 radical (unpaired) electrons. The van der Waals surface area contributed by atoms with Gasteiger partial charge in [-0.3, -0.25) is 9.59 Å². The molecule has 1 atom stereocenters. The molecule has 1 unspecified atom stereocenters. The minimum atomic E-state index is -0.497. The average Bonchev–Trinajstić information content (AvgIpc) is 3.02. The van der Waals surface area contributed by atoms with E-state index in [-0.39, 0.29) is 5.91 Å². The lowest BCUT2D eigenvalue weighted by Crippen LogP contribution is -2.18. The van der Waals surface area contributed by atoms with Gasteiger partial charge in [0.1, 0.15) is 16.5 Å². The zero-order valence-corrected chi connectivity index (χ0v) is 17.0. The molecule has 148 valence electrons. The zero-order valence-electron chi connectivity index (χ0n) is 16.2. The summed E-state index contributed by atoms with van der Waals surface area (Å²) in [6, 6.07) is 5.35. The number of hydrogen-bond donors (Lipinski definition) is 2. The van der Waals surface area contributed by atoms with E-state index in [2.05, 4.69) is 12.2 Å². The Morgan fingerprint density at radius 3 is 2.75 bits per heavy atom. The average molecular weight is 401 g/mol. The van der Waals surface area contributed by atoms with Crippen LogP contribution in [0.3, 0.4) is 0 Å². The molecule has 1 aliphatic carbocycles. The molecule has 2 amide bonds. The number of carbonyl (C=O) groups is 2. The maximum atomic E-state index is 12.5. The molecule has 1 aromatic carbocycles. The molecule has 3 N–H and O–H groups in total. The predicted octanol–water partition coefficient (Wildman–Crippen LogP) is 3.64. The van der Waals surface area contributed by atoms with Crippen molar-refractivity contribution in [1.29, 1.82) is 0 Å². The summed E-state index contributed by atoms with van der Waals surface area (Å²) in [5.74, 6) is 1.01. The summed E-state index contributed by atoms with van der Waals surface area (Å²) in [4.78, 5) is 25.6. The smallest absolute Gasteiger partial charge is 0.251 e. The fourth-order valence-electron chi connectivity index (χ4n) is 3.37. The molecule has 1 aliphatic rings. The first kappa shape index (κ1) is 19.9. The third kappa shape index (κ3) is 4.20. The molecule has 2 aromatic rings. The summed E-state index contributed by atoms with van der Waals surface area (Å²) < 4.78 is 10.5. The van der Waals surface area contributed by atoms with Gasteiger partial charge in [0.25, 0.3) is 5.91 Å². The van der Waals surface area contributed by atoms with E-state index in [0.717, 1.165) is 35.3 Å². The van der Waals surface area contributed by atoms with E-state index in [1.807, 2.05) is 6.07 Å². The minimum absolute atomic E-state index is 0.327. The van der Waals surface area contributed by atoms with Crippen LogP contribution in [0.5, 0.6) is 11.5 Å². The number of nitrogens with one attached hydrogen (secondary N) is 1. The number of carbonyl (C=O) groups excluding carboxylic acids is 2. The van der Waals surface area contributed by atoms with Gasteiger partial charge in [-0.05, 0) is 49.0 Å². The molecule has 28 heavy (non-hydrogen) atoms. The lowest BCUT2D eigenvalue weighted by atomic mass is 9.88. The number of thiophene rings is 1. The van der Waals surface area contributed by atoms with E-state index in [4.69, 9.17) is 15.2 Å². The molecule has 1 aromatic heterocycles. The van der Waals surface area contributed by atoms with Crippen LogP contribution in [-0.2, 0) is 17.6 Å². The second kappa shape index (κ2) is 8.48. The van der Waals surface area contributed by atoms with Gasteiger partial charge in [0.2, 0.25) is 5.91 Å². The first-order chi connectivity index (χ1) is 13.4. The number of primary amides is 1. The lowest BCUT2D eigenvalue weighted by Gasteiger charge is -2.18. The summed E-state index contributed by atoms with van der Waals surface area (Å²) in [7, 11) is 3.14. The highest BCUT2D eigenvalue weighted by molar-refractivity contribution is 7.17. The van der Waals surface area contributed by atoms with E-state index >= 15 is 0 Å². The van der Waals surface area contributed by atoms with Crippen molar-refractivity contribution in [3.05, 3.63) is 45.8 Å². The van der Waals surface area contributed by atoms with Crippen LogP contribution in [0.1, 0.15) is 39.7 Å². The van der Waals surface area contributed by atoms with Crippen molar-refractivity contribution in [2.24, 2.45) is 11.7 Å². The Balaban J connectivity index is 1.80. The Morgan fingerprint density at radius 1 is 1.29 bits per heavy atom. The zero-order chi connectivity index (χ0) is 20.3. The minimum Gasteiger partial charge on any atom is -0.497 e. The fraction of sp³-hybridized carbons (Fsp3) is 0.333. The number of benzene rings is 1. The Hall–Kier alpha value is -2.80. The summed E-state index contributed by atoms with van der Waals surface area (Å²) >= 11 is 1.45. The molecule has 7 heteroatoms. The van der Waals surface area contributed by atoms with Crippen LogP contribution in [0.2, 0.25) is 0 Å². The number of amides is 2. The van der Waals surface area contributed by atoms with Crippen molar-refractivity contribution in [1.82, 2.24) is 0 Å². The van der Waals surface area contributed by atoms with Gasteiger partial charge in [0.05, 0.1) is 19.8 Å². The van der Waals surface area contributed by atoms with Crippen LogP contribution in [-0.4, -0.2) is 26.0 Å². The van der Waals surface area contributed by atoms with Crippen LogP contribution in [0.15, 0.2) is 24.3 Å². The van der Waals surface area contributed by atoms with Crippen LogP contribution in [0, 0.1) is 5.92 Å². The largest absolute Gasteiger partial charge is 0.497 e. The molecular weight excluding hydrogens is 376 g/mol. The number of methoxy groups -OCH3 is 2. The number of nitrogens with two attached hydrogens (primary N) is 1. The standard InChI is InChI=1S/C21H24N2O4S/c1-12-4-8-15-17(10-12)28-21(19(15)20(22)25)23-18(24)9-6-13-5-7-14(26-2)11-16(13)27-3/h5-7,9,11-12H,4,8,10H2,1-3H3,(H2,22,25)(H,23,24)/b9-6+. The van der Waals surface area contributed by atoms with E-state index in [0.29, 0.717) is 28.0 Å². The molecule has 0 spiro atoms. The van der Waals surface area contributed by atoms with Crippen molar-refractivity contribution >= 4 is 34.2 Å². The highest BCUT2D eigenvalue weighted by Crippen LogP contribution is 2.39. The van der Waals surface area contributed by atoms with Gasteiger partial charge >= 0.3 is 0 Å². The monoisotopic (exact) mass is 400 g/mol. The summed E-state index contributed by atoms with van der Waals surface area (Å²) in [6.07, 6.45) is 5.83. The lowest BCUT2D eigenvalue weighted by molar-refractivity contribution is -0.111. The summed E-state index contributed by atoms with van der Waals surface area (Å²) in [5, 5.41) is 3.35. The number of rotatable bonds is 6. The molecule has 0 bridgehead atoms. The van der Waals surface area contributed by atoms with E-state index < -0.39 is 5.91 Å². The van der Waals surface area contributed by atoms with Gasteiger partial charge in [0.15, 0.2) is 0 Å². The van der Waals surface area contributed by atoms with Crippen LogP contribution in [0.4, 0.5) is 5.00 Å². The second-order valence-corrected chi connectivity index (χ2v) is 7.96. The normalized spacial score (nSPS) is 15.9. The molecule has 6 nitrogen and oxygen atoms in total. The Morgan fingerprint density at radius 2 is 2.07 bits per heavy atom.